The van der Waals surface area contributed by atoms with Gasteiger partial charge >= 0.3 is 0 Å². The van der Waals surface area contributed by atoms with Crippen molar-refractivity contribution in [1.82, 2.24) is 9.97 Å². The molecule has 20 heavy (non-hydrogen) atoms. The summed E-state index contributed by atoms with van der Waals surface area (Å²) in [6.45, 7) is 4.87. The third kappa shape index (κ3) is 3.99. The van der Waals surface area contributed by atoms with E-state index < -0.39 is 0 Å². The minimum absolute atomic E-state index is 0.580. The zero-order valence-corrected chi connectivity index (χ0v) is 12.9. The molecule has 2 rings (SSSR count). The smallest absolute Gasteiger partial charge is 0.224 e. The summed E-state index contributed by atoms with van der Waals surface area (Å²) < 4.78 is 0. The van der Waals surface area contributed by atoms with Crippen molar-refractivity contribution in [3.63, 3.8) is 0 Å². The molecule has 0 saturated heterocycles. The largest absolute Gasteiger partial charge is 0.354 e. The predicted molar refractivity (Wildman–Crippen MR) is 85.3 cm³/mol. The second-order valence-electron chi connectivity index (χ2n) is 4.44. The lowest BCUT2D eigenvalue weighted by molar-refractivity contribution is 0.950. The van der Waals surface area contributed by atoms with E-state index in [1.54, 1.807) is 24.4 Å². The molecule has 1 heterocycles. The van der Waals surface area contributed by atoms with E-state index in [1.165, 1.54) is 0 Å². The first kappa shape index (κ1) is 14.9. The van der Waals surface area contributed by atoms with Crippen LogP contribution >= 0.6 is 23.2 Å². The highest BCUT2D eigenvalue weighted by Crippen LogP contribution is 2.26. The van der Waals surface area contributed by atoms with Crippen molar-refractivity contribution in [3.8, 4) is 0 Å². The number of aromatic nitrogens is 2. The monoisotopic (exact) mass is 310 g/mol. The quantitative estimate of drug-likeness (QED) is 0.843. The summed E-state index contributed by atoms with van der Waals surface area (Å²) in [4.78, 5) is 8.68. The number of benzene rings is 1. The van der Waals surface area contributed by atoms with Crippen LogP contribution in [0.4, 0.5) is 17.5 Å². The average Bonchev–Trinajstić information content (AvgIpc) is 2.38. The van der Waals surface area contributed by atoms with Gasteiger partial charge in [0.25, 0.3) is 0 Å². The second kappa shape index (κ2) is 6.77. The van der Waals surface area contributed by atoms with Gasteiger partial charge in [0.05, 0.1) is 0 Å². The highest BCUT2D eigenvalue weighted by molar-refractivity contribution is 6.35. The van der Waals surface area contributed by atoms with Crippen LogP contribution < -0.4 is 10.6 Å². The maximum Gasteiger partial charge on any atom is 0.224 e. The molecule has 0 aliphatic carbocycles. The van der Waals surface area contributed by atoms with Crippen LogP contribution in [0.1, 0.15) is 18.9 Å². The molecule has 0 bridgehead atoms. The highest BCUT2D eigenvalue weighted by Gasteiger charge is 2.05. The summed E-state index contributed by atoms with van der Waals surface area (Å²) in [6, 6.07) is 5.29. The summed E-state index contributed by atoms with van der Waals surface area (Å²) in [6.07, 6.45) is 2.80. The number of hydrogen-bond acceptors (Lipinski definition) is 4. The average molecular weight is 311 g/mol. The van der Waals surface area contributed by atoms with E-state index in [0.717, 1.165) is 30.0 Å². The Morgan fingerprint density at radius 3 is 2.50 bits per heavy atom. The molecule has 1 aromatic heterocycles. The summed E-state index contributed by atoms with van der Waals surface area (Å²) in [5.41, 5.74) is 1.74. The third-order valence-corrected chi connectivity index (χ3v) is 3.07. The van der Waals surface area contributed by atoms with Crippen LogP contribution in [-0.4, -0.2) is 16.5 Å². The molecule has 6 heteroatoms. The lowest BCUT2D eigenvalue weighted by atomic mass is 10.3. The molecule has 0 aliphatic heterocycles. The van der Waals surface area contributed by atoms with Gasteiger partial charge in [-0.15, -0.1) is 0 Å². The number of halogens is 2. The van der Waals surface area contributed by atoms with Crippen LogP contribution in [-0.2, 0) is 0 Å². The Labute approximate surface area is 128 Å². The fraction of sp³-hybridized carbons (Fsp3) is 0.286. The number of anilines is 3. The van der Waals surface area contributed by atoms with Gasteiger partial charge < -0.3 is 10.6 Å². The molecule has 0 atom stereocenters. The Balaban J connectivity index is 2.23. The number of aryl methyl sites for hydroxylation is 1. The van der Waals surface area contributed by atoms with Crippen molar-refractivity contribution in [2.24, 2.45) is 0 Å². The highest BCUT2D eigenvalue weighted by atomic mass is 35.5. The van der Waals surface area contributed by atoms with E-state index in [1.807, 2.05) is 6.92 Å². The van der Waals surface area contributed by atoms with E-state index in [9.17, 15) is 0 Å². The first-order chi connectivity index (χ1) is 9.58. The van der Waals surface area contributed by atoms with Gasteiger partial charge in [0.15, 0.2) is 0 Å². The molecule has 0 unspecified atom stereocenters. The standard InChI is InChI=1S/C14H16Cl2N4/c1-3-4-17-14-18-8-9(2)13(20-14)19-12-6-10(15)5-11(16)7-12/h5-8H,3-4H2,1-2H3,(H2,17,18,19,20). The van der Waals surface area contributed by atoms with Crippen LogP contribution in [0.15, 0.2) is 24.4 Å². The molecule has 2 aromatic rings. The Kier molecular flexibility index (Phi) is 5.04. The van der Waals surface area contributed by atoms with Gasteiger partial charge in [0.1, 0.15) is 5.82 Å². The van der Waals surface area contributed by atoms with Crippen molar-refractivity contribution in [2.45, 2.75) is 20.3 Å². The van der Waals surface area contributed by atoms with Crippen molar-refractivity contribution < 1.29 is 0 Å². The molecule has 2 N–H and O–H groups in total. The molecule has 1 aromatic carbocycles. The van der Waals surface area contributed by atoms with Crippen molar-refractivity contribution >= 4 is 40.7 Å². The SMILES string of the molecule is CCCNc1ncc(C)c(Nc2cc(Cl)cc(Cl)c2)n1. The van der Waals surface area contributed by atoms with Crippen molar-refractivity contribution in [3.05, 3.63) is 40.0 Å². The van der Waals surface area contributed by atoms with Gasteiger partial charge in [-0.2, -0.15) is 4.98 Å². The molecule has 106 valence electrons. The minimum Gasteiger partial charge on any atom is -0.354 e. The van der Waals surface area contributed by atoms with Gasteiger partial charge in [-0.3, -0.25) is 0 Å². The normalized spacial score (nSPS) is 10.4. The first-order valence-electron chi connectivity index (χ1n) is 6.39. The number of rotatable bonds is 5. The number of nitrogens with one attached hydrogen (secondary N) is 2. The maximum absolute atomic E-state index is 5.99. The minimum atomic E-state index is 0.580. The molecular formula is C14H16Cl2N4. The zero-order valence-electron chi connectivity index (χ0n) is 11.4. The molecular weight excluding hydrogens is 295 g/mol. The van der Waals surface area contributed by atoms with E-state index in [4.69, 9.17) is 23.2 Å². The Morgan fingerprint density at radius 2 is 1.85 bits per heavy atom. The van der Waals surface area contributed by atoms with Crippen LogP contribution in [0, 0.1) is 6.92 Å². The molecule has 0 aliphatic rings. The van der Waals surface area contributed by atoms with Crippen LogP contribution in [0.25, 0.3) is 0 Å². The van der Waals surface area contributed by atoms with Gasteiger partial charge in [-0.05, 0) is 31.5 Å². The van der Waals surface area contributed by atoms with Crippen LogP contribution in [0.5, 0.6) is 0 Å². The van der Waals surface area contributed by atoms with E-state index in [0.29, 0.717) is 16.0 Å². The fourth-order valence-corrected chi connectivity index (χ4v) is 2.18. The van der Waals surface area contributed by atoms with E-state index in [2.05, 4.69) is 27.5 Å². The topological polar surface area (TPSA) is 49.8 Å². The lowest BCUT2D eigenvalue weighted by Crippen LogP contribution is -2.06. The molecule has 0 fully saturated rings. The van der Waals surface area contributed by atoms with Crippen molar-refractivity contribution in [1.29, 1.82) is 0 Å². The van der Waals surface area contributed by atoms with Gasteiger partial charge in [0, 0.05) is 34.0 Å². The third-order valence-electron chi connectivity index (χ3n) is 2.63. The maximum atomic E-state index is 5.99. The Hall–Kier alpha value is -1.52. The van der Waals surface area contributed by atoms with Crippen LogP contribution in [0.3, 0.4) is 0 Å². The van der Waals surface area contributed by atoms with E-state index in [-0.39, 0.29) is 0 Å². The van der Waals surface area contributed by atoms with Crippen molar-refractivity contribution in [2.75, 3.05) is 17.2 Å². The predicted octanol–water partition coefficient (Wildman–Crippen LogP) is 4.66. The second-order valence-corrected chi connectivity index (χ2v) is 5.31. The zero-order chi connectivity index (χ0) is 14.5. The first-order valence-corrected chi connectivity index (χ1v) is 7.14. The molecule has 0 radical (unpaired) electrons. The van der Waals surface area contributed by atoms with Gasteiger partial charge in [-0.1, -0.05) is 30.1 Å². The fourth-order valence-electron chi connectivity index (χ4n) is 1.65. The summed E-state index contributed by atoms with van der Waals surface area (Å²) in [5, 5.41) is 7.53. The molecule has 4 nitrogen and oxygen atoms in total. The lowest BCUT2D eigenvalue weighted by Gasteiger charge is -2.11. The van der Waals surface area contributed by atoms with Gasteiger partial charge in [0.2, 0.25) is 5.95 Å². The number of nitrogens with zero attached hydrogens (tertiary/aromatic N) is 2. The summed E-state index contributed by atoms with van der Waals surface area (Å²) in [7, 11) is 0. The van der Waals surface area contributed by atoms with Crippen LogP contribution in [0.2, 0.25) is 10.0 Å². The van der Waals surface area contributed by atoms with Gasteiger partial charge in [-0.25, -0.2) is 4.98 Å². The van der Waals surface area contributed by atoms with E-state index >= 15 is 0 Å². The number of hydrogen-bond donors (Lipinski definition) is 2. The summed E-state index contributed by atoms with van der Waals surface area (Å²) >= 11 is 12.0. The molecule has 0 saturated carbocycles. The summed E-state index contributed by atoms with van der Waals surface area (Å²) in [5.74, 6) is 1.34. The Morgan fingerprint density at radius 1 is 1.15 bits per heavy atom. The Bertz CT molecular complexity index is 581. The molecule has 0 amide bonds. The molecule has 0 spiro atoms.